The van der Waals surface area contributed by atoms with Gasteiger partial charge in [0.15, 0.2) is 5.69 Å². The molecule has 0 fully saturated rings. The summed E-state index contributed by atoms with van der Waals surface area (Å²) in [6, 6.07) is 14.2. The molecule has 116 valence electrons. The molecule has 23 heavy (non-hydrogen) atoms. The number of amides is 1. The van der Waals surface area contributed by atoms with Crippen LogP contribution in [0.1, 0.15) is 16.1 Å². The summed E-state index contributed by atoms with van der Waals surface area (Å²) in [5, 5.41) is 8.48. The molecule has 1 N–H and O–H groups in total. The van der Waals surface area contributed by atoms with Crippen molar-refractivity contribution in [3.05, 3.63) is 75.2 Å². The fourth-order valence-corrected chi connectivity index (χ4v) is 2.57. The Balaban J connectivity index is 1.94. The second-order valence-corrected chi connectivity index (χ2v) is 5.50. The van der Waals surface area contributed by atoms with E-state index in [0.29, 0.717) is 15.8 Å². The highest BCUT2D eigenvalue weighted by molar-refractivity contribution is 6.31. The Hall–Kier alpha value is -2.66. The minimum Gasteiger partial charge on any atom is -0.346 e. The summed E-state index contributed by atoms with van der Waals surface area (Å²) in [5.41, 5.74) is 0.801. The van der Waals surface area contributed by atoms with E-state index in [1.807, 2.05) is 18.2 Å². The average Bonchev–Trinajstić information content (AvgIpc) is 2.57. The van der Waals surface area contributed by atoms with Gasteiger partial charge in [0.1, 0.15) is 0 Å². The number of fused-ring (bicyclic) bond motifs is 1. The highest BCUT2D eigenvalue weighted by Gasteiger charge is 2.15. The van der Waals surface area contributed by atoms with Crippen LogP contribution in [0.5, 0.6) is 0 Å². The first-order valence-corrected chi connectivity index (χ1v) is 7.43. The summed E-state index contributed by atoms with van der Waals surface area (Å²) in [6.07, 6.45) is 0. The van der Waals surface area contributed by atoms with Crippen molar-refractivity contribution in [2.45, 2.75) is 6.54 Å². The van der Waals surface area contributed by atoms with Crippen molar-refractivity contribution >= 4 is 28.3 Å². The quantitative estimate of drug-likeness (QED) is 0.804. The van der Waals surface area contributed by atoms with E-state index < -0.39 is 0 Å². The van der Waals surface area contributed by atoms with E-state index in [1.165, 1.54) is 11.7 Å². The van der Waals surface area contributed by atoms with E-state index in [9.17, 15) is 9.59 Å². The fourth-order valence-electron chi connectivity index (χ4n) is 2.37. The van der Waals surface area contributed by atoms with Crippen LogP contribution in [-0.2, 0) is 13.6 Å². The van der Waals surface area contributed by atoms with Crippen LogP contribution in [0.2, 0.25) is 5.02 Å². The van der Waals surface area contributed by atoms with E-state index >= 15 is 0 Å². The summed E-state index contributed by atoms with van der Waals surface area (Å²) in [6.45, 7) is 0.289. The van der Waals surface area contributed by atoms with Crippen molar-refractivity contribution in [2.75, 3.05) is 0 Å². The Morgan fingerprint density at radius 2 is 1.78 bits per heavy atom. The van der Waals surface area contributed by atoms with Crippen molar-refractivity contribution in [1.82, 2.24) is 15.1 Å². The summed E-state index contributed by atoms with van der Waals surface area (Å²) >= 11 is 6.08. The first-order valence-electron chi connectivity index (χ1n) is 7.05. The molecule has 2 aromatic carbocycles. The molecule has 3 rings (SSSR count). The number of aryl methyl sites for hydroxylation is 1. The molecule has 0 saturated heterocycles. The lowest BCUT2D eigenvalue weighted by Gasteiger charge is -2.09. The monoisotopic (exact) mass is 327 g/mol. The normalized spacial score (nSPS) is 10.7. The first kappa shape index (κ1) is 15.2. The highest BCUT2D eigenvalue weighted by atomic mass is 35.5. The number of hydrogen-bond acceptors (Lipinski definition) is 3. The molecule has 0 bridgehead atoms. The largest absolute Gasteiger partial charge is 0.346 e. The Morgan fingerprint density at radius 3 is 2.52 bits per heavy atom. The maximum absolute atomic E-state index is 12.5. The molecule has 0 unspecified atom stereocenters. The van der Waals surface area contributed by atoms with E-state index in [4.69, 9.17) is 11.6 Å². The van der Waals surface area contributed by atoms with Crippen LogP contribution in [-0.4, -0.2) is 15.7 Å². The Morgan fingerprint density at radius 1 is 1.13 bits per heavy atom. The number of carbonyl (C=O) groups excluding carboxylic acids is 1. The number of halogens is 1. The van der Waals surface area contributed by atoms with Crippen LogP contribution in [0.15, 0.2) is 53.3 Å². The minimum absolute atomic E-state index is 0.217. The smallest absolute Gasteiger partial charge is 0.274 e. The van der Waals surface area contributed by atoms with Gasteiger partial charge >= 0.3 is 0 Å². The molecule has 1 amide bonds. The van der Waals surface area contributed by atoms with Gasteiger partial charge in [-0.05, 0) is 17.7 Å². The van der Waals surface area contributed by atoms with Gasteiger partial charge in [0.25, 0.3) is 11.5 Å². The average molecular weight is 328 g/mol. The molecule has 0 aliphatic rings. The molecule has 0 aliphatic carbocycles. The van der Waals surface area contributed by atoms with E-state index in [2.05, 4.69) is 10.4 Å². The second kappa shape index (κ2) is 6.22. The van der Waals surface area contributed by atoms with Gasteiger partial charge in [-0.25, -0.2) is 4.68 Å². The van der Waals surface area contributed by atoms with Gasteiger partial charge in [0, 0.05) is 24.0 Å². The minimum atomic E-state index is -0.350. The number of hydrogen-bond donors (Lipinski definition) is 1. The van der Waals surface area contributed by atoms with Gasteiger partial charge in [-0.3, -0.25) is 9.59 Å². The maximum atomic E-state index is 12.5. The third kappa shape index (κ3) is 2.96. The lowest BCUT2D eigenvalue weighted by Crippen LogP contribution is -2.29. The third-order valence-corrected chi connectivity index (χ3v) is 3.94. The maximum Gasteiger partial charge on any atom is 0.274 e. The molecule has 1 aromatic heterocycles. The number of aromatic nitrogens is 2. The topological polar surface area (TPSA) is 64.0 Å². The van der Waals surface area contributed by atoms with E-state index in [1.54, 1.807) is 30.3 Å². The predicted octanol–water partition coefficient (Wildman–Crippen LogP) is 2.52. The predicted molar refractivity (Wildman–Crippen MR) is 89.6 cm³/mol. The summed E-state index contributed by atoms with van der Waals surface area (Å²) < 4.78 is 1.17. The van der Waals surface area contributed by atoms with E-state index in [0.717, 1.165) is 5.56 Å². The Bertz CT molecular complexity index is 950. The molecular weight excluding hydrogens is 314 g/mol. The molecule has 5 nitrogen and oxygen atoms in total. The molecule has 6 heteroatoms. The SMILES string of the molecule is Cn1nc(C(=O)NCc2ccccc2Cl)c2ccccc2c1=O. The molecule has 0 saturated carbocycles. The van der Waals surface area contributed by atoms with Crippen LogP contribution in [0.3, 0.4) is 0 Å². The van der Waals surface area contributed by atoms with Crippen molar-refractivity contribution in [1.29, 1.82) is 0 Å². The van der Waals surface area contributed by atoms with Gasteiger partial charge in [-0.1, -0.05) is 48.0 Å². The molecule has 0 radical (unpaired) electrons. The van der Waals surface area contributed by atoms with Crippen LogP contribution >= 0.6 is 11.6 Å². The zero-order chi connectivity index (χ0) is 16.4. The van der Waals surface area contributed by atoms with Gasteiger partial charge < -0.3 is 5.32 Å². The van der Waals surface area contributed by atoms with Gasteiger partial charge in [0.05, 0.1) is 5.39 Å². The standard InChI is InChI=1S/C17H14ClN3O2/c1-21-17(23)13-8-4-3-7-12(13)15(20-21)16(22)19-10-11-6-2-5-9-14(11)18/h2-9H,10H2,1H3,(H,19,22). The second-order valence-electron chi connectivity index (χ2n) is 5.10. The Kier molecular flexibility index (Phi) is 4.12. The number of nitrogens with one attached hydrogen (secondary N) is 1. The lowest BCUT2D eigenvalue weighted by molar-refractivity contribution is 0.0945. The van der Waals surface area contributed by atoms with Crippen molar-refractivity contribution in [2.24, 2.45) is 7.05 Å². The number of carbonyl (C=O) groups is 1. The zero-order valence-corrected chi connectivity index (χ0v) is 13.2. The fraction of sp³-hybridized carbons (Fsp3) is 0.118. The summed E-state index contributed by atoms with van der Waals surface area (Å²) in [5.74, 6) is -0.350. The van der Waals surface area contributed by atoms with Crippen LogP contribution in [0, 0.1) is 0 Å². The molecular formula is C17H14ClN3O2. The highest BCUT2D eigenvalue weighted by Crippen LogP contribution is 2.16. The number of benzene rings is 2. The zero-order valence-electron chi connectivity index (χ0n) is 12.4. The van der Waals surface area contributed by atoms with Gasteiger partial charge in [-0.15, -0.1) is 0 Å². The van der Waals surface area contributed by atoms with Crippen molar-refractivity contribution in [3.63, 3.8) is 0 Å². The first-order chi connectivity index (χ1) is 11.1. The molecule has 0 spiro atoms. The molecule has 0 atom stereocenters. The summed E-state index contributed by atoms with van der Waals surface area (Å²) in [7, 11) is 1.53. The molecule has 0 aliphatic heterocycles. The van der Waals surface area contributed by atoms with Crippen LogP contribution < -0.4 is 10.9 Å². The van der Waals surface area contributed by atoms with E-state index in [-0.39, 0.29) is 23.7 Å². The Labute approximate surface area is 137 Å². The number of nitrogens with zero attached hydrogens (tertiary/aromatic N) is 2. The van der Waals surface area contributed by atoms with Crippen molar-refractivity contribution in [3.8, 4) is 0 Å². The molecule has 3 aromatic rings. The van der Waals surface area contributed by atoms with Crippen molar-refractivity contribution < 1.29 is 4.79 Å². The lowest BCUT2D eigenvalue weighted by atomic mass is 10.1. The third-order valence-electron chi connectivity index (χ3n) is 3.57. The molecule has 1 heterocycles. The van der Waals surface area contributed by atoms with Gasteiger partial charge in [-0.2, -0.15) is 5.10 Å². The summed E-state index contributed by atoms with van der Waals surface area (Å²) in [4.78, 5) is 24.6. The van der Waals surface area contributed by atoms with Crippen LogP contribution in [0.4, 0.5) is 0 Å². The van der Waals surface area contributed by atoms with Crippen LogP contribution in [0.25, 0.3) is 10.8 Å². The van der Waals surface area contributed by atoms with Gasteiger partial charge in [0.2, 0.25) is 0 Å². The number of rotatable bonds is 3.